The number of aromatic nitrogens is 1. The van der Waals surface area contributed by atoms with Gasteiger partial charge in [-0.15, -0.1) is 0 Å². The second-order valence-corrected chi connectivity index (χ2v) is 24.5. The number of fused-ring (bicyclic) bond motifs is 8. The molecule has 4 bridgehead atoms. The number of pyridine rings is 1. The predicted octanol–water partition coefficient (Wildman–Crippen LogP) is 9.77. The van der Waals surface area contributed by atoms with Gasteiger partial charge in [-0.3, -0.25) is 14.6 Å². The summed E-state index contributed by atoms with van der Waals surface area (Å²) in [5.74, 6) is 2.52. The smallest absolute Gasteiger partial charge is 0.302 e. The van der Waals surface area contributed by atoms with Crippen molar-refractivity contribution in [1.82, 2.24) is 15.2 Å². The van der Waals surface area contributed by atoms with Crippen LogP contribution < -0.4 is 21.5 Å². The summed E-state index contributed by atoms with van der Waals surface area (Å²) in [6.07, 6.45) is 28.3. The van der Waals surface area contributed by atoms with Gasteiger partial charge in [0, 0.05) is 79.2 Å². The number of nitrogens with zero attached hydrogens (tertiary/aromatic N) is 3. The number of aliphatic hydroxyl groups is 1. The number of ether oxygens (including phenoxy) is 2. The number of aryl methyl sites for hydroxylation is 1. The highest BCUT2D eigenvalue weighted by molar-refractivity contribution is 8.77. The molecule has 6 atom stereocenters. The largest absolute Gasteiger partial charge is 0.504 e. The molecule has 7 N–H and O–H groups in total. The molecule has 7 aliphatic rings. The molecule has 1 aromatic carbocycles. The van der Waals surface area contributed by atoms with Gasteiger partial charge in [0.25, 0.3) is 0 Å². The number of hydrogen-bond acceptors (Lipinski definition) is 13. The van der Waals surface area contributed by atoms with E-state index in [1.165, 1.54) is 71.1 Å². The van der Waals surface area contributed by atoms with E-state index < -0.39 is 17.6 Å². The molecule has 67 heavy (non-hydrogen) atoms. The van der Waals surface area contributed by atoms with Gasteiger partial charge in [-0.25, -0.2) is 4.98 Å². The summed E-state index contributed by atoms with van der Waals surface area (Å²) in [4.78, 5) is 37.9. The highest BCUT2D eigenvalue weighted by atomic mass is 33.1. The van der Waals surface area contributed by atoms with Crippen LogP contribution in [0.25, 0.3) is 6.08 Å². The van der Waals surface area contributed by atoms with E-state index in [1.54, 1.807) is 6.20 Å². The van der Waals surface area contributed by atoms with Gasteiger partial charge in [-0.1, -0.05) is 72.3 Å². The Morgan fingerprint density at radius 2 is 1.73 bits per heavy atom. The molecule has 4 heterocycles. The Morgan fingerprint density at radius 1 is 0.955 bits per heavy atom. The Labute approximate surface area is 406 Å². The minimum Gasteiger partial charge on any atom is -0.504 e. The van der Waals surface area contributed by atoms with Crippen molar-refractivity contribution in [2.75, 3.05) is 24.6 Å². The number of nitrogens with one attached hydrogen (secondary N) is 1. The van der Waals surface area contributed by atoms with Crippen molar-refractivity contribution < 1.29 is 29.3 Å². The van der Waals surface area contributed by atoms with E-state index >= 15 is 0 Å². The molecule has 1 amide bonds. The Hall–Kier alpha value is -3.62. The van der Waals surface area contributed by atoms with Gasteiger partial charge in [0.2, 0.25) is 5.91 Å². The fourth-order valence-corrected chi connectivity index (χ4v) is 17.9. The number of esters is 1. The van der Waals surface area contributed by atoms with Crippen LogP contribution in [0.4, 0.5) is 5.82 Å². The van der Waals surface area contributed by atoms with Gasteiger partial charge in [0.05, 0.1) is 6.10 Å². The lowest BCUT2D eigenvalue weighted by Gasteiger charge is -2.44. The molecular formula is C53H76N6O6S2. The first-order valence-electron chi connectivity index (χ1n) is 25.8. The first-order chi connectivity index (χ1) is 32.4. The zero-order chi connectivity index (χ0) is 46.7. The fourth-order valence-electron chi connectivity index (χ4n) is 13.6. The number of nitrogens with two attached hydrogens (primary N) is 2. The van der Waals surface area contributed by atoms with Gasteiger partial charge >= 0.3 is 5.97 Å². The Morgan fingerprint density at radius 3 is 2.52 bits per heavy atom. The van der Waals surface area contributed by atoms with Crippen LogP contribution in [0.3, 0.4) is 0 Å². The maximum absolute atomic E-state index is 14.4. The van der Waals surface area contributed by atoms with Crippen LogP contribution in [0.1, 0.15) is 170 Å². The summed E-state index contributed by atoms with van der Waals surface area (Å²) in [6, 6.07) is 5.91. The summed E-state index contributed by atoms with van der Waals surface area (Å²) in [7, 11) is 4.10. The third-order valence-corrected chi connectivity index (χ3v) is 20.5. The third kappa shape index (κ3) is 10.9. The van der Waals surface area contributed by atoms with Gasteiger partial charge < -0.3 is 41.4 Å². The highest BCUT2D eigenvalue weighted by Crippen LogP contribution is 2.64. The third-order valence-electron chi connectivity index (χ3n) is 17.1. The predicted molar refractivity (Wildman–Crippen MR) is 269 cm³/mol. The lowest BCUT2D eigenvalue weighted by molar-refractivity contribution is -0.148. The van der Waals surface area contributed by atoms with E-state index in [2.05, 4.69) is 33.2 Å². The van der Waals surface area contributed by atoms with Gasteiger partial charge in [-0.05, 0) is 137 Å². The van der Waals surface area contributed by atoms with E-state index in [9.17, 15) is 19.8 Å². The number of anilines is 1. The van der Waals surface area contributed by atoms with Crippen LogP contribution in [-0.4, -0.2) is 80.0 Å². The average Bonchev–Trinajstić information content (AvgIpc) is 4.14. The maximum Gasteiger partial charge on any atom is 0.302 e. The fraction of sp³-hybridized carbons (Fsp3) is 0.698. The number of rotatable bonds is 3. The summed E-state index contributed by atoms with van der Waals surface area (Å²) in [5.41, 5.74) is 16.7. The van der Waals surface area contributed by atoms with Gasteiger partial charge in [0.15, 0.2) is 17.5 Å². The number of aromatic hydroxyl groups is 1. The molecule has 9 rings (SSSR count). The highest BCUT2D eigenvalue weighted by Gasteiger charge is 2.57. The van der Waals surface area contributed by atoms with Crippen molar-refractivity contribution in [3.8, 4) is 11.5 Å². The van der Waals surface area contributed by atoms with Crippen molar-refractivity contribution in [1.29, 1.82) is 0 Å². The second-order valence-electron chi connectivity index (χ2n) is 21.9. The van der Waals surface area contributed by atoms with E-state index in [4.69, 9.17) is 25.9 Å². The number of aliphatic hydroxyl groups excluding tert-OH is 1. The summed E-state index contributed by atoms with van der Waals surface area (Å²) >= 11 is 0. The maximum atomic E-state index is 14.4. The first kappa shape index (κ1) is 48.4. The molecule has 1 saturated heterocycles. The van der Waals surface area contributed by atoms with Crippen molar-refractivity contribution in [2.24, 2.45) is 32.9 Å². The molecule has 5 fully saturated rings. The molecule has 4 saturated carbocycles. The lowest BCUT2D eigenvalue weighted by Crippen LogP contribution is -2.55. The molecule has 4 aliphatic carbocycles. The number of nitrogen functional groups attached to an aromatic ring is 1. The molecule has 0 radical (unpaired) electrons. The first-order valence-corrected chi connectivity index (χ1v) is 28.1. The summed E-state index contributed by atoms with van der Waals surface area (Å²) in [5, 5.41) is 27.5. The zero-order valence-electron chi connectivity index (χ0n) is 39.9. The monoisotopic (exact) mass is 957 g/mol. The molecule has 1 aromatic heterocycles. The van der Waals surface area contributed by atoms with Crippen LogP contribution in [0.2, 0.25) is 0 Å². The van der Waals surface area contributed by atoms with Crippen LogP contribution in [0, 0.1) is 22.2 Å². The van der Waals surface area contributed by atoms with E-state index in [1.807, 2.05) is 33.9 Å². The molecule has 0 unspecified atom stereocenters. The van der Waals surface area contributed by atoms with E-state index in [-0.39, 0.29) is 46.5 Å². The number of phenolic OH excluding ortho intramolecular Hbond substituents is 1. The van der Waals surface area contributed by atoms with Crippen LogP contribution in [-0.2, 0) is 33.7 Å². The number of benzene rings is 1. The summed E-state index contributed by atoms with van der Waals surface area (Å²) in [6.45, 7) is 2.60. The lowest BCUT2D eigenvalue weighted by atomic mass is 9.78. The average molecular weight is 957 g/mol. The van der Waals surface area contributed by atoms with E-state index in [0.29, 0.717) is 86.5 Å². The van der Waals surface area contributed by atoms with Crippen molar-refractivity contribution in [2.45, 2.75) is 191 Å². The molecule has 3 spiro atoms. The van der Waals surface area contributed by atoms with Crippen molar-refractivity contribution in [3.63, 3.8) is 0 Å². The standard InChI is InChI=1S/C53H76N6O6S2/c1-36(60)64-42-15-13-39-29-40(47(63)48-43(39)16-14-38-10-8-12-44(38)65-48)33-59-34-51(32-46(59)62,31-37-17-26-56-45(54)28-37)25-27-57-49(55)58-53(24-9-23-52(53)21-6-7-22-52)67-66-35-50(19-4-5-20-50)18-3-2-11-41(61)30-42/h14,16-17,26,28-29,38,41-42,44,61,63H,2-13,15,18-25,27,30-35H2,1H3,(H2,54,56)(H3,55,57,58)/t38-,41+,42-,44-,51+,53-/m1/s1. The number of phenols is 1. The number of aliphatic imine (C=N–C) groups is 1. The number of carbonyl (C=O) groups is 2. The van der Waals surface area contributed by atoms with Crippen molar-refractivity contribution in [3.05, 3.63) is 52.7 Å². The Balaban J connectivity index is 1.04. The Bertz CT molecular complexity index is 2150. The van der Waals surface area contributed by atoms with Crippen LogP contribution >= 0.6 is 21.6 Å². The number of amides is 1. The minimum absolute atomic E-state index is 0.0208. The minimum atomic E-state index is -0.587. The molecule has 12 nitrogen and oxygen atoms in total. The van der Waals surface area contributed by atoms with Gasteiger partial charge in [0.1, 0.15) is 22.9 Å². The van der Waals surface area contributed by atoms with Gasteiger partial charge in [-0.2, -0.15) is 0 Å². The quantitative estimate of drug-likeness (QED) is 0.145. The molecule has 366 valence electrons. The van der Waals surface area contributed by atoms with Crippen LogP contribution in [0.15, 0.2) is 35.5 Å². The molecule has 3 aliphatic heterocycles. The molecule has 14 heteroatoms. The Kier molecular flexibility index (Phi) is 15.0. The molecular weight excluding hydrogens is 881 g/mol. The normalized spacial score (nSPS) is 31.5. The second kappa shape index (κ2) is 20.8. The van der Waals surface area contributed by atoms with E-state index in [0.717, 1.165) is 67.4 Å². The number of carbonyl (C=O) groups excluding carboxylic acids is 2. The summed E-state index contributed by atoms with van der Waals surface area (Å²) < 4.78 is 12.6. The van der Waals surface area contributed by atoms with Crippen LogP contribution in [0.5, 0.6) is 11.5 Å². The van der Waals surface area contributed by atoms with Crippen molar-refractivity contribution >= 4 is 51.3 Å². The molecule has 2 aromatic rings. The number of hydrogen-bond donors (Lipinski definition) is 5. The topological polar surface area (TPSA) is 186 Å². The SMILES string of the molecule is CC(=O)O[C@@H]1CCc2cc(c(O)c3c2C=C[C@H]2CCC[C@H]2O3)CN2C[C@](Cc3ccnc(N)c3)(CCN=C(N)N[C@]3(CCCC34CCCC4)SSCC3(CCCC[C@H](O)C1)CCCC3)CC2=O. The number of guanidine groups is 1. The zero-order valence-corrected chi connectivity index (χ0v) is 41.5.